The highest BCUT2D eigenvalue weighted by atomic mass is 16.2. The Hall–Kier alpha value is -1.56. The molecule has 1 aromatic rings. The van der Waals surface area contributed by atoms with E-state index in [0.29, 0.717) is 0 Å². The molecule has 124 valence electrons. The quantitative estimate of drug-likeness (QED) is 0.849. The summed E-state index contributed by atoms with van der Waals surface area (Å²) in [6.07, 6.45) is 5.95. The molecule has 1 fully saturated rings. The number of aromatic nitrogens is 2. The zero-order valence-corrected chi connectivity index (χ0v) is 14.0. The Balaban J connectivity index is 1.80. The standard InChI is InChI=1S/C16H29N5O/c1-4-10-20-11-7-14(8-12-20)18-16(22)19-15-6-9-17-21(15)13(3)5-2/h6,9,13-14H,4-5,7-8,10-12H2,1-3H3,(H2,18,19,22)/t13-/m0/s1. The number of amides is 2. The van der Waals surface area contributed by atoms with Gasteiger partial charge in [-0.1, -0.05) is 13.8 Å². The van der Waals surface area contributed by atoms with Crippen molar-refractivity contribution < 1.29 is 4.79 Å². The van der Waals surface area contributed by atoms with Crippen LogP contribution in [-0.4, -0.2) is 46.4 Å². The number of urea groups is 1. The van der Waals surface area contributed by atoms with Crippen LogP contribution < -0.4 is 10.6 Å². The fourth-order valence-corrected chi connectivity index (χ4v) is 2.89. The van der Waals surface area contributed by atoms with Gasteiger partial charge in [0.1, 0.15) is 5.82 Å². The third-order valence-corrected chi connectivity index (χ3v) is 4.38. The van der Waals surface area contributed by atoms with Crippen molar-refractivity contribution in [3.05, 3.63) is 12.3 Å². The van der Waals surface area contributed by atoms with E-state index >= 15 is 0 Å². The van der Waals surface area contributed by atoms with Crippen LogP contribution in [0.2, 0.25) is 0 Å². The monoisotopic (exact) mass is 307 g/mol. The molecule has 0 bridgehead atoms. The molecule has 2 N–H and O–H groups in total. The Kier molecular flexibility index (Phi) is 6.24. The van der Waals surface area contributed by atoms with Crippen molar-refractivity contribution in [3.63, 3.8) is 0 Å². The van der Waals surface area contributed by atoms with Crippen LogP contribution in [0.1, 0.15) is 52.5 Å². The first-order valence-electron chi connectivity index (χ1n) is 8.47. The average molecular weight is 307 g/mol. The highest BCUT2D eigenvalue weighted by Crippen LogP contribution is 2.16. The van der Waals surface area contributed by atoms with Crippen LogP contribution in [0.15, 0.2) is 12.3 Å². The van der Waals surface area contributed by atoms with Gasteiger partial charge in [-0.3, -0.25) is 5.32 Å². The average Bonchev–Trinajstić information content (AvgIpc) is 2.96. The number of anilines is 1. The number of carbonyl (C=O) groups excluding carboxylic acids is 1. The number of piperidine rings is 1. The van der Waals surface area contributed by atoms with Gasteiger partial charge in [0, 0.05) is 25.2 Å². The van der Waals surface area contributed by atoms with Crippen molar-refractivity contribution in [2.75, 3.05) is 25.0 Å². The summed E-state index contributed by atoms with van der Waals surface area (Å²) in [5.41, 5.74) is 0. The molecule has 6 heteroatoms. The van der Waals surface area contributed by atoms with Crippen molar-refractivity contribution in [3.8, 4) is 0 Å². The van der Waals surface area contributed by atoms with Gasteiger partial charge in [0.15, 0.2) is 0 Å². The normalized spacial score (nSPS) is 18.1. The highest BCUT2D eigenvalue weighted by Gasteiger charge is 2.20. The second-order valence-corrected chi connectivity index (χ2v) is 6.13. The number of hydrogen-bond acceptors (Lipinski definition) is 3. The molecule has 1 aliphatic rings. The molecule has 1 saturated heterocycles. The first-order chi connectivity index (χ1) is 10.6. The lowest BCUT2D eigenvalue weighted by atomic mass is 10.1. The summed E-state index contributed by atoms with van der Waals surface area (Å²) < 4.78 is 1.86. The molecule has 2 heterocycles. The van der Waals surface area contributed by atoms with E-state index in [-0.39, 0.29) is 18.1 Å². The number of likely N-dealkylation sites (tertiary alicyclic amines) is 1. The molecule has 0 radical (unpaired) electrons. The Morgan fingerprint density at radius 1 is 1.41 bits per heavy atom. The maximum absolute atomic E-state index is 12.2. The summed E-state index contributed by atoms with van der Waals surface area (Å²) in [6, 6.07) is 2.27. The first kappa shape index (κ1) is 16.8. The maximum Gasteiger partial charge on any atom is 0.320 e. The Morgan fingerprint density at radius 3 is 2.77 bits per heavy atom. The second-order valence-electron chi connectivity index (χ2n) is 6.13. The van der Waals surface area contributed by atoms with Gasteiger partial charge in [-0.2, -0.15) is 5.10 Å². The summed E-state index contributed by atoms with van der Waals surface area (Å²) in [5.74, 6) is 0.760. The predicted octanol–water partition coefficient (Wildman–Crippen LogP) is 2.85. The smallest absolute Gasteiger partial charge is 0.320 e. The Morgan fingerprint density at radius 2 is 2.14 bits per heavy atom. The summed E-state index contributed by atoms with van der Waals surface area (Å²) in [5, 5.41) is 10.3. The van der Waals surface area contributed by atoms with Gasteiger partial charge < -0.3 is 10.2 Å². The van der Waals surface area contributed by atoms with Crippen LogP contribution in [0.5, 0.6) is 0 Å². The van der Waals surface area contributed by atoms with Crippen molar-refractivity contribution in [1.29, 1.82) is 0 Å². The van der Waals surface area contributed by atoms with E-state index in [1.54, 1.807) is 6.20 Å². The highest BCUT2D eigenvalue weighted by molar-refractivity contribution is 5.88. The summed E-state index contributed by atoms with van der Waals surface area (Å²) in [4.78, 5) is 14.6. The Labute approximate surface area is 133 Å². The third kappa shape index (κ3) is 4.47. The van der Waals surface area contributed by atoms with E-state index in [2.05, 4.69) is 41.4 Å². The lowest BCUT2D eigenvalue weighted by Crippen LogP contribution is -2.46. The van der Waals surface area contributed by atoms with Gasteiger partial charge in [0.2, 0.25) is 0 Å². The molecule has 1 aliphatic heterocycles. The molecule has 1 atom stereocenters. The molecule has 0 aliphatic carbocycles. The molecule has 2 amide bonds. The van der Waals surface area contributed by atoms with E-state index in [4.69, 9.17) is 0 Å². The molecule has 1 aromatic heterocycles. The van der Waals surface area contributed by atoms with Crippen LogP contribution in [0.25, 0.3) is 0 Å². The minimum absolute atomic E-state index is 0.126. The summed E-state index contributed by atoms with van der Waals surface area (Å²) >= 11 is 0. The van der Waals surface area contributed by atoms with Crippen LogP contribution in [-0.2, 0) is 0 Å². The van der Waals surface area contributed by atoms with Crippen LogP contribution in [0.4, 0.5) is 10.6 Å². The maximum atomic E-state index is 12.2. The SMILES string of the molecule is CCCN1CCC(NC(=O)Nc2ccnn2[C@@H](C)CC)CC1. The predicted molar refractivity (Wildman–Crippen MR) is 89.1 cm³/mol. The van der Waals surface area contributed by atoms with E-state index < -0.39 is 0 Å². The van der Waals surface area contributed by atoms with Gasteiger partial charge in [0.25, 0.3) is 0 Å². The number of carbonyl (C=O) groups is 1. The van der Waals surface area contributed by atoms with Crippen molar-refractivity contribution in [2.45, 2.75) is 58.5 Å². The van der Waals surface area contributed by atoms with Gasteiger partial charge >= 0.3 is 6.03 Å². The minimum atomic E-state index is -0.126. The third-order valence-electron chi connectivity index (χ3n) is 4.38. The van der Waals surface area contributed by atoms with Crippen molar-refractivity contribution in [2.24, 2.45) is 0 Å². The van der Waals surface area contributed by atoms with E-state index in [0.717, 1.165) is 44.7 Å². The van der Waals surface area contributed by atoms with Crippen molar-refractivity contribution >= 4 is 11.8 Å². The number of nitrogens with one attached hydrogen (secondary N) is 2. The minimum Gasteiger partial charge on any atom is -0.335 e. The molecule has 0 spiro atoms. The lowest BCUT2D eigenvalue weighted by Gasteiger charge is -2.32. The largest absolute Gasteiger partial charge is 0.335 e. The summed E-state index contributed by atoms with van der Waals surface area (Å²) in [7, 11) is 0. The molecule has 22 heavy (non-hydrogen) atoms. The van der Waals surface area contributed by atoms with E-state index in [1.165, 1.54) is 6.42 Å². The number of nitrogens with zero attached hydrogens (tertiary/aromatic N) is 3. The molecular formula is C16H29N5O. The van der Waals surface area contributed by atoms with Gasteiger partial charge in [-0.05, 0) is 39.2 Å². The van der Waals surface area contributed by atoms with E-state index in [9.17, 15) is 4.79 Å². The zero-order chi connectivity index (χ0) is 15.9. The molecule has 0 unspecified atom stereocenters. The van der Waals surface area contributed by atoms with Crippen molar-refractivity contribution in [1.82, 2.24) is 20.0 Å². The summed E-state index contributed by atoms with van der Waals surface area (Å²) in [6.45, 7) is 9.72. The number of hydrogen-bond donors (Lipinski definition) is 2. The zero-order valence-electron chi connectivity index (χ0n) is 14.0. The van der Waals surface area contributed by atoms with Gasteiger partial charge in [0.05, 0.1) is 12.2 Å². The first-order valence-corrected chi connectivity index (χ1v) is 8.47. The lowest BCUT2D eigenvalue weighted by molar-refractivity contribution is 0.196. The molecule has 0 saturated carbocycles. The number of rotatable bonds is 6. The molecule has 2 rings (SSSR count). The van der Waals surface area contributed by atoms with Crippen LogP contribution >= 0.6 is 0 Å². The van der Waals surface area contributed by atoms with Crippen LogP contribution in [0, 0.1) is 0 Å². The fourth-order valence-electron chi connectivity index (χ4n) is 2.89. The Bertz CT molecular complexity index is 465. The molecule has 6 nitrogen and oxygen atoms in total. The van der Waals surface area contributed by atoms with Gasteiger partial charge in [-0.25, -0.2) is 9.48 Å². The molecule has 0 aromatic carbocycles. The molecular weight excluding hydrogens is 278 g/mol. The van der Waals surface area contributed by atoms with E-state index in [1.807, 2.05) is 10.7 Å². The topological polar surface area (TPSA) is 62.2 Å². The van der Waals surface area contributed by atoms with Gasteiger partial charge in [-0.15, -0.1) is 0 Å². The fraction of sp³-hybridized carbons (Fsp3) is 0.750. The second kappa shape index (κ2) is 8.17. The van der Waals surface area contributed by atoms with Crippen LogP contribution in [0.3, 0.4) is 0 Å².